The van der Waals surface area contributed by atoms with Gasteiger partial charge in [0.15, 0.2) is 0 Å². The molecule has 0 fully saturated rings. The second-order valence-corrected chi connectivity index (χ2v) is 3.07. The molecule has 4 nitrogen and oxygen atoms in total. The van der Waals surface area contributed by atoms with Crippen molar-refractivity contribution in [1.82, 2.24) is 5.32 Å². The number of nitrogens with one attached hydrogen (secondary N) is 1. The second kappa shape index (κ2) is 4.09. The number of hydrogen-bond acceptors (Lipinski definition) is 2. The predicted molar refractivity (Wildman–Crippen MR) is 44.8 cm³/mol. The summed E-state index contributed by atoms with van der Waals surface area (Å²) >= 11 is 0. The predicted octanol–water partition coefficient (Wildman–Crippen LogP) is 0.766. The number of rotatable bonds is 4. The molecule has 0 radical (unpaired) electrons. The summed E-state index contributed by atoms with van der Waals surface area (Å²) in [6.45, 7) is 4.71. The van der Waals surface area contributed by atoms with E-state index in [4.69, 9.17) is 5.11 Å². The van der Waals surface area contributed by atoms with E-state index in [1.165, 1.54) is 13.8 Å². The fourth-order valence-electron chi connectivity index (χ4n) is 1.11. The van der Waals surface area contributed by atoms with Crippen molar-refractivity contribution in [3.05, 3.63) is 0 Å². The maximum atomic E-state index is 10.7. The second-order valence-electron chi connectivity index (χ2n) is 3.07. The smallest absolute Gasteiger partial charge is 0.329 e. The van der Waals surface area contributed by atoms with Crippen LogP contribution in [0.25, 0.3) is 0 Å². The van der Waals surface area contributed by atoms with Gasteiger partial charge in [0.1, 0.15) is 5.54 Å². The van der Waals surface area contributed by atoms with Crippen LogP contribution >= 0.6 is 0 Å². The molecule has 4 heteroatoms. The summed E-state index contributed by atoms with van der Waals surface area (Å²) in [6, 6.07) is 0. The van der Waals surface area contributed by atoms with Crippen LogP contribution in [0.15, 0.2) is 0 Å². The molecule has 0 spiro atoms. The molecular formula is C8H15NO3. The van der Waals surface area contributed by atoms with Gasteiger partial charge in [-0.2, -0.15) is 0 Å². The average molecular weight is 173 g/mol. The van der Waals surface area contributed by atoms with Crippen molar-refractivity contribution in [1.29, 1.82) is 0 Å². The maximum absolute atomic E-state index is 10.7. The average Bonchev–Trinajstić information content (AvgIpc) is 1.85. The quantitative estimate of drug-likeness (QED) is 0.659. The zero-order valence-corrected chi connectivity index (χ0v) is 7.68. The van der Waals surface area contributed by atoms with Gasteiger partial charge in [0.25, 0.3) is 0 Å². The molecular weight excluding hydrogens is 158 g/mol. The first-order valence-corrected chi connectivity index (χ1v) is 3.94. The van der Waals surface area contributed by atoms with Crippen molar-refractivity contribution in [3.63, 3.8) is 0 Å². The van der Waals surface area contributed by atoms with Gasteiger partial charge in [0, 0.05) is 6.92 Å². The molecule has 1 amide bonds. The van der Waals surface area contributed by atoms with E-state index < -0.39 is 11.5 Å². The molecule has 0 unspecified atom stereocenters. The van der Waals surface area contributed by atoms with Crippen LogP contribution in [0, 0.1) is 0 Å². The molecule has 0 aromatic heterocycles. The van der Waals surface area contributed by atoms with E-state index in [9.17, 15) is 9.59 Å². The number of carbonyl (C=O) groups excluding carboxylic acids is 1. The van der Waals surface area contributed by atoms with Crippen molar-refractivity contribution < 1.29 is 14.7 Å². The van der Waals surface area contributed by atoms with Gasteiger partial charge in [-0.15, -0.1) is 0 Å². The van der Waals surface area contributed by atoms with Crippen LogP contribution in [0.3, 0.4) is 0 Å². The van der Waals surface area contributed by atoms with Crippen molar-refractivity contribution in [2.45, 2.75) is 39.2 Å². The third kappa shape index (κ3) is 2.90. The van der Waals surface area contributed by atoms with Gasteiger partial charge in [-0.1, -0.05) is 13.3 Å². The highest BCUT2D eigenvalue weighted by Gasteiger charge is 2.32. The van der Waals surface area contributed by atoms with E-state index >= 15 is 0 Å². The van der Waals surface area contributed by atoms with Crippen molar-refractivity contribution >= 4 is 11.9 Å². The molecule has 12 heavy (non-hydrogen) atoms. The van der Waals surface area contributed by atoms with Crippen LogP contribution in [0.4, 0.5) is 0 Å². The first kappa shape index (κ1) is 10.9. The lowest BCUT2D eigenvalue weighted by molar-refractivity contribution is -0.146. The van der Waals surface area contributed by atoms with Gasteiger partial charge in [-0.05, 0) is 13.3 Å². The Balaban J connectivity index is 4.38. The SMILES string of the molecule is CCC[C@@](C)(NC(C)=O)C(=O)O. The van der Waals surface area contributed by atoms with E-state index in [1.807, 2.05) is 6.92 Å². The maximum Gasteiger partial charge on any atom is 0.329 e. The van der Waals surface area contributed by atoms with Crippen LogP contribution in [0.2, 0.25) is 0 Å². The van der Waals surface area contributed by atoms with Gasteiger partial charge in [-0.25, -0.2) is 4.79 Å². The molecule has 0 bridgehead atoms. The Bertz CT molecular complexity index is 191. The van der Waals surface area contributed by atoms with E-state index in [-0.39, 0.29) is 5.91 Å². The molecule has 0 saturated carbocycles. The molecule has 0 aromatic rings. The van der Waals surface area contributed by atoms with Crippen molar-refractivity contribution in [2.24, 2.45) is 0 Å². The first-order chi connectivity index (χ1) is 5.42. The fraction of sp³-hybridized carbons (Fsp3) is 0.750. The first-order valence-electron chi connectivity index (χ1n) is 3.94. The Kier molecular flexibility index (Phi) is 3.73. The van der Waals surface area contributed by atoms with Crippen LogP contribution in [0.1, 0.15) is 33.6 Å². The number of aliphatic carboxylic acids is 1. The molecule has 0 saturated heterocycles. The topological polar surface area (TPSA) is 66.4 Å². The third-order valence-electron chi connectivity index (χ3n) is 1.67. The lowest BCUT2D eigenvalue weighted by Gasteiger charge is -2.24. The normalized spacial score (nSPS) is 14.9. The lowest BCUT2D eigenvalue weighted by Crippen LogP contribution is -2.51. The van der Waals surface area contributed by atoms with Crippen molar-refractivity contribution in [3.8, 4) is 0 Å². The third-order valence-corrected chi connectivity index (χ3v) is 1.67. The standard InChI is InChI=1S/C8H15NO3/c1-4-5-8(3,7(11)12)9-6(2)10/h4-5H2,1-3H3,(H,9,10)(H,11,12)/t8-/m1/s1. The number of carboxylic acid groups (broad SMARTS) is 1. The minimum absolute atomic E-state index is 0.312. The summed E-state index contributed by atoms with van der Waals surface area (Å²) in [6.07, 6.45) is 1.17. The zero-order chi connectivity index (χ0) is 9.78. The minimum Gasteiger partial charge on any atom is -0.480 e. The summed E-state index contributed by atoms with van der Waals surface area (Å²) in [5.74, 6) is -1.30. The van der Waals surface area contributed by atoms with Crippen LogP contribution < -0.4 is 5.32 Å². The van der Waals surface area contributed by atoms with Gasteiger partial charge in [0.2, 0.25) is 5.91 Å². The van der Waals surface area contributed by atoms with Gasteiger partial charge in [-0.3, -0.25) is 4.79 Å². The molecule has 0 aliphatic heterocycles. The Morgan fingerprint density at radius 1 is 1.50 bits per heavy atom. The number of carbonyl (C=O) groups is 2. The van der Waals surface area contributed by atoms with Crippen LogP contribution in [-0.2, 0) is 9.59 Å². The summed E-state index contributed by atoms with van der Waals surface area (Å²) in [4.78, 5) is 21.4. The number of carboxylic acids is 1. The van der Waals surface area contributed by atoms with E-state index in [0.29, 0.717) is 6.42 Å². The molecule has 70 valence electrons. The lowest BCUT2D eigenvalue weighted by atomic mass is 9.96. The van der Waals surface area contributed by atoms with Gasteiger partial charge in [0.05, 0.1) is 0 Å². The van der Waals surface area contributed by atoms with E-state index in [1.54, 1.807) is 0 Å². The number of hydrogen-bond donors (Lipinski definition) is 2. The Labute approximate surface area is 72.0 Å². The summed E-state index contributed by atoms with van der Waals surface area (Å²) in [5, 5.41) is 11.2. The highest BCUT2D eigenvalue weighted by atomic mass is 16.4. The van der Waals surface area contributed by atoms with E-state index in [2.05, 4.69) is 5.32 Å². The Morgan fingerprint density at radius 2 is 2.00 bits per heavy atom. The zero-order valence-electron chi connectivity index (χ0n) is 7.68. The van der Waals surface area contributed by atoms with Gasteiger partial charge < -0.3 is 10.4 Å². The molecule has 1 atom stereocenters. The van der Waals surface area contributed by atoms with Crippen LogP contribution in [-0.4, -0.2) is 22.5 Å². The molecule has 0 aliphatic rings. The monoisotopic (exact) mass is 173 g/mol. The largest absolute Gasteiger partial charge is 0.480 e. The highest BCUT2D eigenvalue weighted by molar-refractivity contribution is 5.85. The molecule has 0 heterocycles. The van der Waals surface area contributed by atoms with E-state index in [0.717, 1.165) is 6.42 Å². The number of amides is 1. The minimum atomic E-state index is -1.11. The Morgan fingerprint density at radius 3 is 2.25 bits per heavy atom. The summed E-state index contributed by atoms with van der Waals surface area (Å²) in [7, 11) is 0. The fourth-order valence-corrected chi connectivity index (χ4v) is 1.11. The summed E-state index contributed by atoms with van der Waals surface area (Å²) in [5.41, 5.74) is -1.11. The Hall–Kier alpha value is -1.06. The van der Waals surface area contributed by atoms with Crippen molar-refractivity contribution in [2.75, 3.05) is 0 Å². The molecule has 2 N–H and O–H groups in total. The summed E-state index contributed by atoms with van der Waals surface area (Å²) < 4.78 is 0. The molecule has 0 aliphatic carbocycles. The van der Waals surface area contributed by atoms with Crippen LogP contribution in [0.5, 0.6) is 0 Å². The van der Waals surface area contributed by atoms with Gasteiger partial charge >= 0.3 is 5.97 Å². The molecule has 0 aromatic carbocycles. The highest BCUT2D eigenvalue weighted by Crippen LogP contribution is 2.11. The molecule has 0 rings (SSSR count).